The van der Waals surface area contributed by atoms with Crippen LogP contribution in [-0.4, -0.2) is 71.3 Å². The number of benzene rings is 2. The van der Waals surface area contributed by atoms with E-state index in [4.69, 9.17) is 0 Å². The number of hydrogen-bond acceptors (Lipinski definition) is 4. The molecule has 2 saturated heterocycles. The maximum Gasteiger partial charge on any atom is 0.258 e. The smallest absolute Gasteiger partial charge is 0.258 e. The lowest BCUT2D eigenvalue weighted by molar-refractivity contribution is -0.138. The van der Waals surface area contributed by atoms with Crippen LogP contribution in [0.25, 0.3) is 0 Å². The Hall–Kier alpha value is -3.19. The molecule has 2 unspecified atom stereocenters. The van der Waals surface area contributed by atoms with E-state index in [0.29, 0.717) is 30.6 Å². The van der Waals surface area contributed by atoms with Crippen LogP contribution in [0.1, 0.15) is 41.7 Å². The maximum absolute atomic E-state index is 13.6. The van der Waals surface area contributed by atoms with E-state index in [0.717, 1.165) is 18.7 Å². The van der Waals surface area contributed by atoms with Gasteiger partial charge in [-0.05, 0) is 38.1 Å². The van der Waals surface area contributed by atoms with E-state index in [1.54, 1.807) is 21.9 Å². The standard InChI is InChI=1S/C25H28N4O3/c1-25-13-12-22(30)29(25)20-11-7-6-10-19(20)24(32)28(25)17-23(31)27-15-14-26(2)16-21(27)18-8-4-3-5-9-18/h3-11,21H,12-17H2,1-2H3. The summed E-state index contributed by atoms with van der Waals surface area (Å²) in [7, 11) is 2.06. The minimum Gasteiger partial charge on any atom is -0.332 e. The van der Waals surface area contributed by atoms with Crippen molar-refractivity contribution in [3.05, 3.63) is 65.7 Å². The van der Waals surface area contributed by atoms with Gasteiger partial charge in [0.1, 0.15) is 12.2 Å². The number of para-hydroxylation sites is 1. The van der Waals surface area contributed by atoms with Crippen LogP contribution in [0.3, 0.4) is 0 Å². The summed E-state index contributed by atoms with van der Waals surface area (Å²) in [6.45, 7) is 3.99. The van der Waals surface area contributed by atoms with Crippen molar-refractivity contribution in [1.29, 1.82) is 0 Å². The molecule has 0 saturated carbocycles. The Kier molecular flexibility index (Phi) is 5.01. The van der Waals surface area contributed by atoms with E-state index in [2.05, 4.69) is 11.9 Å². The van der Waals surface area contributed by atoms with E-state index in [-0.39, 0.29) is 30.3 Å². The van der Waals surface area contributed by atoms with Crippen molar-refractivity contribution < 1.29 is 14.4 Å². The number of rotatable bonds is 3. The summed E-state index contributed by atoms with van der Waals surface area (Å²) < 4.78 is 0. The Labute approximate surface area is 188 Å². The Morgan fingerprint density at radius 2 is 1.75 bits per heavy atom. The first kappa shape index (κ1) is 20.7. The molecule has 2 aromatic rings. The topological polar surface area (TPSA) is 64.2 Å². The summed E-state index contributed by atoms with van der Waals surface area (Å²) in [6.07, 6.45) is 0.883. The Morgan fingerprint density at radius 1 is 1.03 bits per heavy atom. The summed E-state index contributed by atoms with van der Waals surface area (Å²) in [5.41, 5.74) is 1.39. The second kappa shape index (κ2) is 7.74. The Bertz CT molecular complexity index is 1070. The lowest BCUT2D eigenvalue weighted by Crippen LogP contribution is -2.64. The first-order valence-corrected chi connectivity index (χ1v) is 11.2. The number of anilines is 1. The molecule has 3 amide bonds. The predicted octanol–water partition coefficient (Wildman–Crippen LogP) is 2.50. The van der Waals surface area contributed by atoms with Crippen LogP contribution >= 0.6 is 0 Å². The quantitative estimate of drug-likeness (QED) is 0.748. The summed E-state index contributed by atoms with van der Waals surface area (Å²) in [4.78, 5) is 47.4. The summed E-state index contributed by atoms with van der Waals surface area (Å²) >= 11 is 0. The molecule has 3 aliphatic heterocycles. The zero-order valence-electron chi connectivity index (χ0n) is 18.5. The number of amides is 3. The Balaban J connectivity index is 1.47. The number of carbonyl (C=O) groups excluding carboxylic acids is 3. The molecular weight excluding hydrogens is 404 g/mol. The average molecular weight is 433 g/mol. The minimum absolute atomic E-state index is 0.00772. The zero-order chi connectivity index (χ0) is 22.5. The summed E-state index contributed by atoms with van der Waals surface area (Å²) in [6, 6.07) is 17.2. The molecule has 7 nitrogen and oxygen atoms in total. The summed E-state index contributed by atoms with van der Waals surface area (Å²) in [5, 5.41) is 0. The highest BCUT2D eigenvalue weighted by molar-refractivity contribution is 6.11. The second-order valence-electron chi connectivity index (χ2n) is 9.13. The largest absolute Gasteiger partial charge is 0.332 e. The van der Waals surface area contributed by atoms with Gasteiger partial charge >= 0.3 is 0 Å². The van der Waals surface area contributed by atoms with Crippen molar-refractivity contribution in [1.82, 2.24) is 14.7 Å². The van der Waals surface area contributed by atoms with Gasteiger partial charge in [-0.1, -0.05) is 42.5 Å². The molecule has 0 N–H and O–H groups in total. The fraction of sp³-hybridized carbons (Fsp3) is 0.400. The molecule has 5 rings (SSSR count). The highest BCUT2D eigenvalue weighted by atomic mass is 16.2. The van der Waals surface area contributed by atoms with Crippen molar-refractivity contribution in [3.8, 4) is 0 Å². The molecular formula is C25H28N4O3. The number of piperazine rings is 1. The highest BCUT2D eigenvalue weighted by Gasteiger charge is 2.53. The van der Waals surface area contributed by atoms with E-state index in [1.165, 1.54) is 0 Å². The van der Waals surface area contributed by atoms with Crippen LogP contribution in [0, 0.1) is 0 Å². The average Bonchev–Trinajstić information content (AvgIpc) is 3.12. The van der Waals surface area contributed by atoms with Crippen LogP contribution in [0.5, 0.6) is 0 Å². The number of nitrogens with zero attached hydrogens (tertiary/aromatic N) is 4. The van der Waals surface area contributed by atoms with Crippen molar-refractivity contribution in [3.63, 3.8) is 0 Å². The number of carbonyl (C=O) groups is 3. The molecule has 3 aliphatic rings. The molecule has 7 heteroatoms. The van der Waals surface area contributed by atoms with Gasteiger partial charge in [0, 0.05) is 26.1 Å². The third-order valence-electron chi connectivity index (χ3n) is 7.13. The minimum atomic E-state index is -0.826. The molecule has 2 aromatic carbocycles. The fourth-order valence-electron chi connectivity index (χ4n) is 5.35. The van der Waals surface area contributed by atoms with Gasteiger partial charge in [-0.3, -0.25) is 19.3 Å². The van der Waals surface area contributed by atoms with Crippen LogP contribution in [0.15, 0.2) is 54.6 Å². The Morgan fingerprint density at radius 3 is 2.53 bits per heavy atom. The van der Waals surface area contributed by atoms with Crippen molar-refractivity contribution in [2.75, 3.05) is 38.1 Å². The van der Waals surface area contributed by atoms with E-state index < -0.39 is 5.66 Å². The van der Waals surface area contributed by atoms with Gasteiger partial charge in [-0.25, -0.2) is 0 Å². The first-order valence-electron chi connectivity index (χ1n) is 11.2. The fourth-order valence-corrected chi connectivity index (χ4v) is 5.35. The first-order chi connectivity index (χ1) is 15.4. The van der Waals surface area contributed by atoms with E-state index >= 15 is 0 Å². The third-order valence-corrected chi connectivity index (χ3v) is 7.13. The molecule has 0 bridgehead atoms. The second-order valence-corrected chi connectivity index (χ2v) is 9.13. The van der Waals surface area contributed by atoms with Crippen LogP contribution in [0.2, 0.25) is 0 Å². The maximum atomic E-state index is 13.6. The molecule has 0 spiro atoms. The van der Waals surface area contributed by atoms with Gasteiger partial charge in [0.2, 0.25) is 11.8 Å². The monoisotopic (exact) mass is 432 g/mol. The number of hydrogen-bond donors (Lipinski definition) is 0. The van der Waals surface area contributed by atoms with E-state index in [1.807, 2.05) is 54.3 Å². The molecule has 2 fully saturated rings. The van der Waals surface area contributed by atoms with Crippen molar-refractivity contribution in [2.45, 2.75) is 31.5 Å². The van der Waals surface area contributed by atoms with Gasteiger partial charge in [-0.15, -0.1) is 0 Å². The zero-order valence-corrected chi connectivity index (χ0v) is 18.5. The molecule has 0 aliphatic carbocycles. The molecule has 0 aromatic heterocycles. The SMILES string of the molecule is CN1CCN(C(=O)CN2C(=O)c3ccccc3N3C(=O)CCC23C)C(c2ccccc2)C1. The molecule has 32 heavy (non-hydrogen) atoms. The van der Waals surface area contributed by atoms with Crippen molar-refractivity contribution in [2.24, 2.45) is 0 Å². The number of fused-ring (bicyclic) bond motifs is 3. The molecule has 3 heterocycles. The van der Waals surface area contributed by atoms with Crippen LogP contribution in [0.4, 0.5) is 5.69 Å². The van der Waals surface area contributed by atoms with E-state index in [9.17, 15) is 14.4 Å². The van der Waals surface area contributed by atoms with Crippen LogP contribution < -0.4 is 4.90 Å². The summed E-state index contributed by atoms with van der Waals surface area (Å²) in [5.74, 6) is -0.278. The highest BCUT2D eigenvalue weighted by Crippen LogP contribution is 2.44. The van der Waals surface area contributed by atoms with Gasteiger partial charge in [0.05, 0.1) is 17.3 Å². The lowest BCUT2D eigenvalue weighted by Gasteiger charge is -2.49. The van der Waals surface area contributed by atoms with Gasteiger partial charge in [-0.2, -0.15) is 0 Å². The van der Waals surface area contributed by atoms with Gasteiger partial charge in [0.25, 0.3) is 5.91 Å². The molecule has 2 atom stereocenters. The third kappa shape index (κ3) is 3.19. The van der Waals surface area contributed by atoms with Gasteiger partial charge < -0.3 is 14.7 Å². The van der Waals surface area contributed by atoms with Crippen molar-refractivity contribution >= 4 is 23.4 Å². The number of likely N-dealkylation sites (N-methyl/N-ethyl adjacent to an activating group) is 1. The normalized spacial score (nSPS) is 25.7. The molecule has 0 radical (unpaired) electrons. The van der Waals surface area contributed by atoms with Gasteiger partial charge in [0.15, 0.2) is 0 Å². The molecule has 166 valence electrons. The van der Waals surface area contributed by atoms with Crippen LogP contribution in [-0.2, 0) is 9.59 Å². The predicted molar refractivity (Wildman–Crippen MR) is 121 cm³/mol. The lowest BCUT2D eigenvalue weighted by atomic mass is 9.97.